The van der Waals surface area contributed by atoms with Gasteiger partial charge in [0.05, 0.1) is 6.42 Å². The molecule has 0 unspecified atom stereocenters. The lowest BCUT2D eigenvalue weighted by atomic mass is 10.1. The molecule has 0 fully saturated rings. The molecule has 1 amide bonds. The van der Waals surface area contributed by atoms with Crippen LogP contribution in [0, 0.1) is 0 Å². The number of carbonyl (C=O) groups excluding carboxylic acids is 1. The average Bonchev–Trinajstić information content (AvgIpc) is 2.31. The molecule has 1 N–H and O–H groups in total. The van der Waals surface area contributed by atoms with Crippen molar-refractivity contribution in [2.24, 2.45) is 0 Å². The van der Waals surface area contributed by atoms with Crippen LogP contribution in [0.4, 0.5) is 0 Å². The van der Waals surface area contributed by atoms with Gasteiger partial charge in [0.1, 0.15) is 0 Å². The highest BCUT2D eigenvalue weighted by molar-refractivity contribution is 6.31. The first-order chi connectivity index (χ1) is 8.17. The summed E-state index contributed by atoms with van der Waals surface area (Å²) in [5.74, 6) is -0.0620. The minimum absolute atomic E-state index is 0.0620. The van der Waals surface area contributed by atoms with E-state index in [0.717, 1.165) is 17.7 Å². The van der Waals surface area contributed by atoms with Crippen LogP contribution < -0.4 is 5.32 Å². The Morgan fingerprint density at radius 3 is 2.76 bits per heavy atom. The number of rotatable bonds is 5. The number of allylic oxidation sites excluding steroid dienone is 3. The molecule has 0 atom stereocenters. The van der Waals surface area contributed by atoms with Gasteiger partial charge in [0.15, 0.2) is 0 Å². The fourth-order valence-corrected chi connectivity index (χ4v) is 1.63. The van der Waals surface area contributed by atoms with Gasteiger partial charge in [-0.25, -0.2) is 0 Å². The van der Waals surface area contributed by atoms with E-state index in [1.165, 1.54) is 0 Å². The predicted molar refractivity (Wildman–Crippen MR) is 71.9 cm³/mol. The van der Waals surface area contributed by atoms with Gasteiger partial charge in [-0.05, 0) is 24.1 Å². The van der Waals surface area contributed by atoms with Crippen molar-refractivity contribution < 1.29 is 4.79 Å². The van der Waals surface area contributed by atoms with Crippen LogP contribution in [0.2, 0.25) is 5.02 Å². The Morgan fingerprint density at radius 1 is 1.47 bits per heavy atom. The van der Waals surface area contributed by atoms with Crippen LogP contribution in [0.5, 0.6) is 0 Å². The van der Waals surface area contributed by atoms with Gasteiger partial charge in [-0.1, -0.05) is 49.4 Å². The Hall–Kier alpha value is -1.54. The molecule has 0 aliphatic carbocycles. The number of hydrogen-bond donors (Lipinski definition) is 1. The summed E-state index contributed by atoms with van der Waals surface area (Å²) < 4.78 is 0. The standard InChI is InChI=1S/C14H16ClNO/c1-3-7-12(4-2)16-14(17)10-11-8-5-6-9-13(11)15/h3,5-9H,1,4,10H2,2H3,(H,16,17)/b12-7+. The maximum absolute atomic E-state index is 11.8. The first-order valence-corrected chi connectivity index (χ1v) is 5.90. The number of amides is 1. The lowest BCUT2D eigenvalue weighted by Crippen LogP contribution is -2.24. The highest BCUT2D eigenvalue weighted by Gasteiger charge is 2.07. The minimum Gasteiger partial charge on any atom is -0.330 e. The summed E-state index contributed by atoms with van der Waals surface area (Å²) in [5, 5.41) is 3.45. The van der Waals surface area contributed by atoms with E-state index < -0.39 is 0 Å². The third-order valence-corrected chi connectivity index (χ3v) is 2.68. The lowest BCUT2D eigenvalue weighted by Gasteiger charge is -2.08. The van der Waals surface area contributed by atoms with Gasteiger partial charge in [0.2, 0.25) is 5.91 Å². The lowest BCUT2D eigenvalue weighted by molar-refractivity contribution is -0.119. The van der Waals surface area contributed by atoms with Crippen molar-refractivity contribution in [1.29, 1.82) is 0 Å². The van der Waals surface area contributed by atoms with Crippen LogP contribution in [-0.4, -0.2) is 5.91 Å². The molecule has 90 valence electrons. The molecule has 3 heteroatoms. The van der Waals surface area contributed by atoms with Crippen molar-refractivity contribution >= 4 is 17.5 Å². The van der Waals surface area contributed by atoms with E-state index in [1.54, 1.807) is 18.2 Å². The van der Waals surface area contributed by atoms with Crippen molar-refractivity contribution in [2.45, 2.75) is 19.8 Å². The van der Waals surface area contributed by atoms with Gasteiger partial charge in [0, 0.05) is 10.7 Å². The molecule has 1 aromatic carbocycles. The molecule has 0 aromatic heterocycles. The molecule has 17 heavy (non-hydrogen) atoms. The third kappa shape index (κ3) is 4.45. The molecule has 0 saturated heterocycles. The zero-order valence-corrected chi connectivity index (χ0v) is 10.6. The summed E-state index contributed by atoms with van der Waals surface area (Å²) in [7, 11) is 0. The van der Waals surface area contributed by atoms with E-state index in [2.05, 4.69) is 11.9 Å². The average molecular weight is 250 g/mol. The number of benzene rings is 1. The number of halogens is 1. The molecule has 0 aliphatic rings. The van der Waals surface area contributed by atoms with E-state index >= 15 is 0 Å². The maximum atomic E-state index is 11.8. The van der Waals surface area contributed by atoms with E-state index in [-0.39, 0.29) is 12.3 Å². The van der Waals surface area contributed by atoms with E-state index in [0.29, 0.717) is 5.02 Å². The highest BCUT2D eigenvalue weighted by atomic mass is 35.5. The molecule has 0 heterocycles. The second-order valence-electron chi connectivity index (χ2n) is 3.60. The Labute approximate surface area is 107 Å². The molecule has 0 radical (unpaired) electrons. The molecule has 1 rings (SSSR count). The predicted octanol–water partition coefficient (Wildman–Crippen LogP) is 3.48. The fraction of sp³-hybridized carbons (Fsp3) is 0.214. The second-order valence-corrected chi connectivity index (χ2v) is 4.00. The molecule has 1 aromatic rings. The number of nitrogens with one attached hydrogen (secondary N) is 1. The van der Waals surface area contributed by atoms with Crippen LogP contribution in [-0.2, 0) is 11.2 Å². The van der Waals surface area contributed by atoms with E-state index in [9.17, 15) is 4.79 Å². The van der Waals surface area contributed by atoms with Crippen LogP contribution in [0.1, 0.15) is 18.9 Å². The van der Waals surface area contributed by atoms with Crippen molar-refractivity contribution in [3.63, 3.8) is 0 Å². The van der Waals surface area contributed by atoms with Gasteiger partial charge < -0.3 is 5.32 Å². The molecule has 2 nitrogen and oxygen atoms in total. The first-order valence-electron chi connectivity index (χ1n) is 5.52. The quantitative estimate of drug-likeness (QED) is 0.796. The minimum atomic E-state index is -0.0620. The summed E-state index contributed by atoms with van der Waals surface area (Å²) in [6, 6.07) is 7.35. The van der Waals surface area contributed by atoms with E-state index in [4.69, 9.17) is 11.6 Å². The van der Waals surface area contributed by atoms with Crippen LogP contribution in [0.3, 0.4) is 0 Å². The number of hydrogen-bond acceptors (Lipinski definition) is 1. The second kappa shape index (κ2) is 6.92. The molecular weight excluding hydrogens is 234 g/mol. The van der Waals surface area contributed by atoms with Crippen LogP contribution >= 0.6 is 11.6 Å². The Balaban J connectivity index is 2.64. The van der Waals surface area contributed by atoms with Crippen LogP contribution in [0.25, 0.3) is 0 Å². The zero-order valence-electron chi connectivity index (χ0n) is 9.87. The monoisotopic (exact) mass is 249 g/mol. The summed E-state index contributed by atoms with van der Waals surface area (Å²) in [6.45, 7) is 5.58. The van der Waals surface area contributed by atoms with Gasteiger partial charge in [-0.3, -0.25) is 4.79 Å². The number of carbonyl (C=O) groups is 1. The topological polar surface area (TPSA) is 29.1 Å². The Morgan fingerprint density at radius 2 is 2.18 bits per heavy atom. The Bertz CT molecular complexity index is 438. The smallest absolute Gasteiger partial charge is 0.228 e. The summed E-state index contributed by atoms with van der Waals surface area (Å²) in [6.07, 6.45) is 4.51. The van der Waals surface area contributed by atoms with Gasteiger partial charge in [-0.15, -0.1) is 0 Å². The molecule has 0 bridgehead atoms. The summed E-state index contributed by atoms with van der Waals surface area (Å²) >= 11 is 5.99. The van der Waals surface area contributed by atoms with E-state index in [1.807, 2.05) is 25.1 Å². The largest absolute Gasteiger partial charge is 0.330 e. The summed E-state index contributed by atoms with van der Waals surface area (Å²) in [5.41, 5.74) is 1.69. The summed E-state index contributed by atoms with van der Waals surface area (Å²) in [4.78, 5) is 11.8. The van der Waals surface area contributed by atoms with Gasteiger partial charge in [0.25, 0.3) is 0 Å². The normalized spacial score (nSPS) is 11.1. The SMILES string of the molecule is C=C/C=C(\CC)NC(=O)Cc1ccccc1Cl. The molecule has 0 aliphatic heterocycles. The zero-order chi connectivity index (χ0) is 12.7. The van der Waals surface area contributed by atoms with Gasteiger partial charge in [-0.2, -0.15) is 0 Å². The van der Waals surface area contributed by atoms with Crippen molar-refractivity contribution in [2.75, 3.05) is 0 Å². The Kier molecular flexibility index (Phi) is 5.50. The fourth-order valence-electron chi connectivity index (χ4n) is 1.43. The molecular formula is C14H16ClNO. The highest BCUT2D eigenvalue weighted by Crippen LogP contribution is 2.15. The van der Waals surface area contributed by atoms with Gasteiger partial charge >= 0.3 is 0 Å². The molecule has 0 saturated carbocycles. The van der Waals surface area contributed by atoms with Crippen molar-refractivity contribution in [3.8, 4) is 0 Å². The third-order valence-electron chi connectivity index (χ3n) is 2.31. The molecule has 0 spiro atoms. The van der Waals surface area contributed by atoms with Crippen LogP contribution in [0.15, 0.2) is 48.7 Å². The first kappa shape index (κ1) is 13.5. The van der Waals surface area contributed by atoms with Crippen molar-refractivity contribution in [1.82, 2.24) is 5.32 Å². The van der Waals surface area contributed by atoms with Crippen molar-refractivity contribution in [3.05, 3.63) is 59.3 Å². The maximum Gasteiger partial charge on any atom is 0.228 e.